The number of nitrogens with one attached hydrogen (secondary N) is 1. The van der Waals surface area contributed by atoms with E-state index in [-0.39, 0.29) is 0 Å². The molecule has 0 amide bonds. The van der Waals surface area contributed by atoms with Gasteiger partial charge in [0.15, 0.2) is 0 Å². The summed E-state index contributed by atoms with van der Waals surface area (Å²) in [4.78, 5) is 6.93. The summed E-state index contributed by atoms with van der Waals surface area (Å²) < 4.78 is 0. The van der Waals surface area contributed by atoms with Crippen molar-refractivity contribution in [2.24, 2.45) is 0 Å². The zero-order chi connectivity index (χ0) is 13.1. The minimum atomic E-state index is 0.837. The largest absolute Gasteiger partial charge is 0.373 e. The maximum absolute atomic E-state index is 4.73. The second-order valence-electron chi connectivity index (χ2n) is 4.81. The Kier molecular flexibility index (Phi) is 3.19. The second-order valence-corrected chi connectivity index (χ2v) is 4.81. The van der Waals surface area contributed by atoms with Crippen molar-refractivity contribution in [2.45, 2.75) is 13.5 Å². The average molecular weight is 251 g/mol. The number of hydrogen-bond acceptors (Lipinski definition) is 3. The average Bonchev–Trinajstić information content (AvgIpc) is 2.93. The van der Waals surface area contributed by atoms with Crippen LogP contribution in [0.2, 0.25) is 0 Å². The third-order valence-corrected chi connectivity index (χ3v) is 3.22. The summed E-state index contributed by atoms with van der Waals surface area (Å²) in [5.41, 5.74) is 4.57. The van der Waals surface area contributed by atoms with Crippen LogP contribution < -0.4 is 5.32 Å². The highest BCUT2D eigenvalue weighted by Crippen LogP contribution is 2.18. The fourth-order valence-corrected chi connectivity index (χ4v) is 2.15. The minimum absolute atomic E-state index is 0.837. The van der Waals surface area contributed by atoms with Gasteiger partial charge in [0.2, 0.25) is 0 Å². The molecule has 3 heteroatoms. The predicted octanol–water partition coefficient (Wildman–Crippen LogP) is 2.89. The highest BCUT2D eigenvalue weighted by molar-refractivity contribution is 5.59. The van der Waals surface area contributed by atoms with Crippen molar-refractivity contribution < 1.29 is 0 Å². The van der Waals surface area contributed by atoms with Gasteiger partial charge < -0.3 is 10.2 Å². The van der Waals surface area contributed by atoms with Gasteiger partial charge in [-0.05, 0) is 19.1 Å². The van der Waals surface area contributed by atoms with Crippen LogP contribution in [0.1, 0.15) is 11.3 Å². The molecule has 0 atom stereocenters. The zero-order valence-electron chi connectivity index (χ0n) is 11.0. The first-order chi connectivity index (χ1) is 9.31. The molecule has 1 aromatic carbocycles. The van der Waals surface area contributed by atoms with E-state index in [1.165, 1.54) is 11.1 Å². The van der Waals surface area contributed by atoms with Crippen LogP contribution in [0.5, 0.6) is 0 Å². The van der Waals surface area contributed by atoms with Gasteiger partial charge in [-0.25, -0.2) is 0 Å². The molecule has 0 radical (unpaired) electrons. The standard InChI is InChI=1S/C16H17N3/c1-13-5-7-14(8-6-13)16-4-2-3-15(18-16)11-19-10-9-17-12-19/h2-10,17H,11-12H2,1H3. The first-order valence-corrected chi connectivity index (χ1v) is 6.48. The van der Waals surface area contributed by atoms with E-state index in [0.717, 1.165) is 24.6 Å². The SMILES string of the molecule is Cc1ccc(-c2cccc(CN3C=CNC3)n2)cc1. The molecule has 0 unspecified atom stereocenters. The summed E-state index contributed by atoms with van der Waals surface area (Å²) in [7, 11) is 0. The van der Waals surface area contributed by atoms with Gasteiger partial charge in [-0.2, -0.15) is 0 Å². The van der Waals surface area contributed by atoms with Crippen molar-refractivity contribution in [3.63, 3.8) is 0 Å². The molecule has 0 spiro atoms. The summed E-state index contributed by atoms with van der Waals surface area (Å²) in [5.74, 6) is 0. The van der Waals surface area contributed by atoms with Crippen LogP contribution in [-0.2, 0) is 6.54 Å². The summed E-state index contributed by atoms with van der Waals surface area (Å²) in [5, 5.41) is 3.16. The van der Waals surface area contributed by atoms with Gasteiger partial charge in [0.1, 0.15) is 0 Å². The maximum Gasteiger partial charge on any atom is 0.0871 e. The van der Waals surface area contributed by atoms with E-state index < -0.39 is 0 Å². The number of pyridine rings is 1. The predicted molar refractivity (Wildman–Crippen MR) is 77.1 cm³/mol. The highest BCUT2D eigenvalue weighted by atomic mass is 15.2. The van der Waals surface area contributed by atoms with E-state index >= 15 is 0 Å². The summed E-state index contributed by atoms with van der Waals surface area (Å²) in [6, 6.07) is 14.7. The number of benzene rings is 1. The van der Waals surface area contributed by atoms with Crippen LogP contribution in [0.4, 0.5) is 0 Å². The van der Waals surface area contributed by atoms with Crippen molar-refractivity contribution in [3.8, 4) is 11.3 Å². The lowest BCUT2D eigenvalue weighted by molar-refractivity contribution is 0.380. The monoisotopic (exact) mass is 251 g/mol. The van der Waals surface area contributed by atoms with Gasteiger partial charge in [0, 0.05) is 18.0 Å². The number of rotatable bonds is 3. The lowest BCUT2D eigenvalue weighted by atomic mass is 10.1. The molecule has 0 saturated carbocycles. The fourth-order valence-electron chi connectivity index (χ4n) is 2.15. The Morgan fingerprint density at radius 1 is 1.16 bits per heavy atom. The summed E-state index contributed by atoms with van der Waals surface area (Å²) in [6.45, 7) is 3.79. The molecule has 1 aromatic heterocycles. The van der Waals surface area contributed by atoms with Crippen LogP contribution >= 0.6 is 0 Å². The van der Waals surface area contributed by atoms with Gasteiger partial charge in [-0.15, -0.1) is 0 Å². The third kappa shape index (κ3) is 2.76. The first-order valence-electron chi connectivity index (χ1n) is 6.48. The molecule has 0 bridgehead atoms. The molecule has 19 heavy (non-hydrogen) atoms. The van der Waals surface area contributed by atoms with Crippen molar-refractivity contribution in [2.75, 3.05) is 6.67 Å². The molecule has 96 valence electrons. The van der Waals surface area contributed by atoms with E-state index in [0.29, 0.717) is 0 Å². The maximum atomic E-state index is 4.73. The molecule has 2 aromatic rings. The Labute approximate surface area is 113 Å². The molecular formula is C16H17N3. The molecule has 0 saturated heterocycles. The number of hydrogen-bond donors (Lipinski definition) is 1. The number of aromatic nitrogens is 1. The third-order valence-electron chi connectivity index (χ3n) is 3.22. The Bertz CT molecular complexity index is 587. The van der Waals surface area contributed by atoms with E-state index in [4.69, 9.17) is 4.98 Å². The van der Waals surface area contributed by atoms with Gasteiger partial charge in [0.05, 0.1) is 24.6 Å². The van der Waals surface area contributed by atoms with E-state index in [2.05, 4.69) is 65.8 Å². The van der Waals surface area contributed by atoms with Gasteiger partial charge in [0.25, 0.3) is 0 Å². The van der Waals surface area contributed by atoms with Crippen LogP contribution in [0.3, 0.4) is 0 Å². The van der Waals surface area contributed by atoms with Crippen LogP contribution in [0.25, 0.3) is 11.3 Å². The number of aryl methyl sites for hydroxylation is 1. The first kappa shape index (κ1) is 11.8. The van der Waals surface area contributed by atoms with E-state index in [9.17, 15) is 0 Å². The Balaban J connectivity index is 1.82. The molecule has 0 fully saturated rings. The molecule has 1 aliphatic rings. The van der Waals surface area contributed by atoms with Gasteiger partial charge in [-0.3, -0.25) is 4.98 Å². The molecule has 2 heterocycles. The van der Waals surface area contributed by atoms with Gasteiger partial charge in [-0.1, -0.05) is 35.9 Å². The Morgan fingerprint density at radius 2 is 2.00 bits per heavy atom. The lowest BCUT2D eigenvalue weighted by Crippen LogP contribution is -2.20. The molecule has 3 nitrogen and oxygen atoms in total. The molecule has 1 N–H and O–H groups in total. The normalized spacial score (nSPS) is 13.6. The molecule has 3 rings (SSSR count). The van der Waals surface area contributed by atoms with Crippen LogP contribution in [-0.4, -0.2) is 16.6 Å². The molecule has 0 aliphatic carbocycles. The quantitative estimate of drug-likeness (QED) is 0.909. The van der Waals surface area contributed by atoms with Crippen molar-refractivity contribution in [3.05, 3.63) is 66.1 Å². The lowest BCUT2D eigenvalue weighted by Gasteiger charge is -2.14. The van der Waals surface area contributed by atoms with Crippen LogP contribution in [0.15, 0.2) is 54.9 Å². The van der Waals surface area contributed by atoms with Crippen LogP contribution in [0, 0.1) is 6.92 Å². The number of nitrogens with zero attached hydrogens (tertiary/aromatic N) is 2. The van der Waals surface area contributed by atoms with Crippen molar-refractivity contribution >= 4 is 0 Å². The van der Waals surface area contributed by atoms with Crippen molar-refractivity contribution in [1.82, 2.24) is 15.2 Å². The summed E-state index contributed by atoms with van der Waals surface area (Å²) in [6.07, 6.45) is 4.02. The zero-order valence-corrected chi connectivity index (χ0v) is 11.0. The highest BCUT2D eigenvalue weighted by Gasteiger charge is 2.06. The van der Waals surface area contributed by atoms with E-state index in [1.54, 1.807) is 0 Å². The summed E-state index contributed by atoms with van der Waals surface area (Å²) >= 11 is 0. The van der Waals surface area contributed by atoms with Gasteiger partial charge >= 0.3 is 0 Å². The topological polar surface area (TPSA) is 28.2 Å². The molecule has 1 aliphatic heterocycles. The Morgan fingerprint density at radius 3 is 2.74 bits per heavy atom. The minimum Gasteiger partial charge on any atom is -0.373 e. The smallest absolute Gasteiger partial charge is 0.0871 e. The Hall–Kier alpha value is -2.29. The molecular weight excluding hydrogens is 234 g/mol. The second kappa shape index (κ2) is 5.14. The van der Waals surface area contributed by atoms with E-state index in [1.807, 2.05) is 6.20 Å². The van der Waals surface area contributed by atoms with Crippen molar-refractivity contribution in [1.29, 1.82) is 0 Å². The fraction of sp³-hybridized carbons (Fsp3) is 0.188.